The van der Waals surface area contributed by atoms with Gasteiger partial charge in [-0.3, -0.25) is 10.0 Å². The van der Waals surface area contributed by atoms with Gasteiger partial charge in [0.2, 0.25) is 0 Å². The monoisotopic (exact) mass is 558 g/mol. The number of amides is 1. The van der Waals surface area contributed by atoms with Crippen LogP contribution in [0.5, 0.6) is 5.75 Å². The Bertz CT molecular complexity index is 1920. The lowest BCUT2D eigenvalue weighted by Gasteiger charge is -2.18. The number of fused-ring (bicyclic) bond motifs is 4. The second-order valence-electron chi connectivity index (χ2n) is 10.2. The number of ether oxygens (including phenoxy) is 1. The van der Waals surface area contributed by atoms with Crippen LogP contribution in [0, 0.1) is 0 Å². The molecule has 5 aromatic carbocycles. The Labute approximate surface area is 242 Å². The second-order valence-corrected chi connectivity index (χ2v) is 10.2. The highest BCUT2D eigenvalue weighted by molar-refractivity contribution is 6.06. The molecule has 0 bridgehead atoms. The van der Waals surface area contributed by atoms with Crippen LogP contribution in [-0.4, -0.2) is 29.9 Å². The molecule has 0 radical (unpaired) electrons. The Morgan fingerprint density at radius 3 is 2.40 bits per heavy atom. The maximum Gasteiger partial charge on any atom is 0.274 e. The molecular weight excluding hydrogens is 528 g/mol. The number of para-hydroxylation sites is 1. The lowest BCUT2D eigenvalue weighted by atomic mass is 9.95. The number of hydroxylamine groups is 1. The van der Waals surface area contributed by atoms with Crippen molar-refractivity contribution in [1.82, 2.24) is 5.48 Å². The van der Waals surface area contributed by atoms with Crippen molar-refractivity contribution in [2.75, 3.05) is 19.0 Å². The van der Waals surface area contributed by atoms with Crippen LogP contribution in [0.3, 0.4) is 0 Å². The van der Waals surface area contributed by atoms with Crippen LogP contribution in [0.25, 0.3) is 38.8 Å². The van der Waals surface area contributed by atoms with Crippen LogP contribution in [0.1, 0.15) is 34.0 Å². The molecule has 42 heavy (non-hydrogen) atoms. The summed E-state index contributed by atoms with van der Waals surface area (Å²) in [7, 11) is 1.64. The number of hydrogen-bond donors (Lipinski definition) is 4. The van der Waals surface area contributed by atoms with Gasteiger partial charge >= 0.3 is 0 Å². The molecule has 1 aromatic heterocycles. The first-order valence-electron chi connectivity index (χ1n) is 13.7. The molecule has 0 aliphatic carbocycles. The van der Waals surface area contributed by atoms with Gasteiger partial charge in [0.15, 0.2) is 0 Å². The molecule has 7 nitrogen and oxygen atoms in total. The molecule has 0 spiro atoms. The highest BCUT2D eigenvalue weighted by Gasteiger charge is 2.16. The number of aliphatic hydroxyl groups excluding tert-OH is 1. The van der Waals surface area contributed by atoms with Crippen molar-refractivity contribution in [2.24, 2.45) is 0 Å². The van der Waals surface area contributed by atoms with Crippen LogP contribution in [0.4, 0.5) is 5.69 Å². The van der Waals surface area contributed by atoms with E-state index < -0.39 is 12.0 Å². The van der Waals surface area contributed by atoms with Gasteiger partial charge in [0.25, 0.3) is 5.91 Å². The minimum atomic E-state index is -0.747. The number of carbonyl (C=O) groups is 1. The summed E-state index contributed by atoms with van der Waals surface area (Å²) in [5, 5.41) is 28.0. The van der Waals surface area contributed by atoms with E-state index in [4.69, 9.17) is 14.4 Å². The average molecular weight is 559 g/mol. The molecule has 7 heteroatoms. The number of anilines is 1. The van der Waals surface area contributed by atoms with Gasteiger partial charge in [-0.1, -0.05) is 78.9 Å². The van der Waals surface area contributed by atoms with Crippen molar-refractivity contribution in [3.63, 3.8) is 0 Å². The molecule has 6 rings (SSSR count). The minimum absolute atomic E-state index is 0.342. The molecule has 0 saturated heterocycles. The van der Waals surface area contributed by atoms with E-state index >= 15 is 0 Å². The van der Waals surface area contributed by atoms with Gasteiger partial charge in [-0.2, -0.15) is 0 Å². The summed E-state index contributed by atoms with van der Waals surface area (Å²) < 4.78 is 11.8. The fourth-order valence-corrected chi connectivity index (χ4v) is 5.38. The quantitative estimate of drug-likeness (QED) is 0.108. The van der Waals surface area contributed by atoms with Crippen molar-refractivity contribution in [2.45, 2.75) is 12.5 Å². The Hall–Kier alpha value is -5.11. The standard InChI is InChI=1S/C35H30N2O5/c1-41-34-19-29-28-10-4-5-12-32(28)42-33(29)20-30(34)36-21-23(17-22-13-15-25(16-14-22)35(39)37-40)18-31(38)27-11-6-8-24-7-2-3-9-26(24)27/h2-17,19-20,31,36,38,40H,18,21H2,1H3,(H,37,39). The lowest BCUT2D eigenvalue weighted by Crippen LogP contribution is -2.18. The van der Waals surface area contributed by atoms with Gasteiger partial charge in [-0.25, -0.2) is 5.48 Å². The average Bonchev–Trinajstić information content (AvgIpc) is 3.40. The second kappa shape index (κ2) is 11.8. The van der Waals surface area contributed by atoms with Crippen molar-refractivity contribution in [3.8, 4) is 5.75 Å². The predicted octanol–water partition coefficient (Wildman–Crippen LogP) is 7.49. The number of methoxy groups -OCH3 is 1. The Morgan fingerprint density at radius 2 is 1.62 bits per heavy atom. The van der Waals surface area contributed by atoms with Crippen LogP contribution in [0.2, 0.25) is 0 Å². The smallest absolute Gasteiger partial charge is 0.274 e. The molecule has 0 fully saturated rings. The van der Waals surface area contributed by atoms with E-state index in [1.54, 1.807) is 36.9 Å². The number of hydrogen-bond acceptors (Lipinski definition) is 6. The molecule has 1 unspecified atom stereocenters. The van der Waals surface area contributed by atoms with Gasteiger partial charge < -0.3 is 19.6 Å². The van der Waals surface area contributed by atoms with Crippen LogP contribution < -0.4 is 15.5 Å². The van der Waals surface area contributed by atoms with Crippen molar-refractivity contribution >= 4 is 50.4 Å². The van der Waals surface area contributed by atoms with Gasteiger partial charge in [0.1, 0.15) is 16.9 Å². The summed E-state index contributed by atoms with van der Waals surface area (Å²) in [5.74, 6) is 0.106. The van der Waals surface area contributed by atoms with Gasteiger partial charge in [-0.15, -0.1) is 0 Å². The number of furan rings is 1. The number of nitrogens with one attached hydrogen (secondary N) is 2. The SMILES string of the molecule is COc1cc2c(cc1NCC(=Cc1ccc(C(=O)NO)cc1)CC(O)c1cccc3ccccc13)oc1ccccc12. The van der Waals surface area contributed by atoms with Crippen LogP contribution >= 0.6 is 0 Å². The first-order chi connectivity index (χ1) is 20.5. The number of benzene rings is 5. The summed E-state index contributed by atoms with van der Waals surface area (Å²) in [4.78, 5) is 11.8. The zero-order chi connectivity index (χ0) is 29.1. The van der Waals surface area contributed by atoms with E-state index in [1.165, 1.54) is 0 Å². The lowest BCUT2D eigenvalue weighted by molar-refractivity contribution is 0.0706. The maximum atomic E-state index is 11.8. The Balaban J connectivity index is 1.33. The third kappa shape index (κ3) is 5.43. The Kier molecular flexibility index (Phi) is 7.60. The molecule has 0 saturated carbocycles. The van der Waals surface area contributed by atoms with Gasteiger partial charge in [-0.05, 0) is 51.7 Å². The number of carbonyl (C=O) groups excluding carboxylic acids is 1. The fourth-order valence-electron chi connectivity index (χ4n) is 5.38. The molecule has 1 atom stereocenters. The highest BCUT2D eigenvalue weighted by Crippen LogP contribution is 2.37. The third-order valence-corrected chi connectivity index (χ3v) is 7.49. The summed E-state index contributed by atoms with van der Waals surface area (Å²) in [6, 6.07) is 32.7. The largest absolute Gasteiger partial charge is 0.495 e. The molecule has 0 aliphatic heterocycles. The van der Waals surface area contributed by atoms with Crippen LogP contribution in [-0.2, 0) is 0 Å². The number of aliphatic hydroxyl groups is 1. The summed E-state index contributed by atoms with van der Waals surface area (Å²) in [6.07, 6.45) is 1.62. The summed E-state index contributed by atoms with van der Waals surface area (Å²) in [5.41, 5.74) is 6.96. The van der Waals surface area contributed by atoms with E-state index in [0.29, 0.717) is 24.3 Å². The molecule has 1 amide bonds. The van der Waals surface area contributed by atoms with E-state index in [-0.39, 0.29) is 0 Å². The molecule has 1 heterocycles. The fraction of sp³-hybridized carbons (Fsp3) is 0.114. The summed E-state index contributed by atoms with van der Waals surface area (Å²) >= 11 is 0. The first-order valence-corrected chi connectivity index (χ1v) is 13.7. The molecule has 210 valence electrons. The van der Waals surface area contributed by atoms with Crippen molar-refractivity contribution in [3.05, 3.63) is 125 Å². The zero-order valence-corrected chi connectivity index (χ0v) is 23.0. The highest BCUT2D eigenvalue weighted by atomic mass is 16.5. The third-order valence-electron chi connectivity index (χ3n) is 7.49. The molecule has 0 aliphatic rings. The minimum Gasteiger partial charge on any atom is -0.495 e. The topological polar surface area (TPSA) is 104 Å². The van der Waals surface area contributed by atoms with Gasteiger partial charge in [0, 0.05) is 35.4 Å². The Morgan fingerprint density at radius 1 is 0.881 bits per heavy atom. The van der Waals surface area contributed by atoms with E-state index in [0.717, 1.165) is 55.1 Å². The molecular formula is C35H30N2O5. The normalized spacial score (nSPS) is 12.5. The summed E-state index contributed by atoms with van der Waals surface area (Å²) in [6.45, 7) is 0.419. The van der Waals surface area contributed by atoms with Gasteiger partial charge in [0.05, 0.1) is 18.9 Å². The number of rotatable bonds is 9. The van der Waals surface area contributed by atoms with Crippen LogP contribution in [0.15, 0.2) is 113 Å². The van der Waals surface area contributed by atoms with E-state index in [1.807, 2.05) is 84.9 Å². The van der Waals surface area contributed by atoms with Crippen molar-refractivity contribution < 1.29 is 24.3 Å². The van der Waals surface area contributed by atoms with Crippen molar-refractivity contribution in [1.29, 1.82) is 0 Å². The van der Waals surface area contributed by atoms with E-state index in [2.05, 4.69) is 5.32 Å². The zero-order valence-electron chi connectivity index (χ0n) is 23.0. The maximum absolute atomic E-state index is 11.8. The predicted molar refractivity (Wildman–Crippen MR) is 166 cm³/mol. The first kappa shape index (κ1) is 27.1. The molecule has 4 N–H and O–H groups in total. The van der Waals surface area contributed by atoms with E-state index in [9.17, 15) is 9.90 Å². The molecule has 6 aromatic rings.